The lowest BCUT2D eigenvalue weighted by Gasteiger charge is -2.32. The van der Waals surface area contributed by atoms with Gasteiger partial charge in [0.15, 0.2) is 0 Å². The third-order valence-corrected chi connectivity index (χ3v) is 5.06. The first-order chi connectivity index (χ1) is 12.5. The highest BCUT2D eigenvalue weighted by Gasteiger charge is 2.26. The van der Waals surface area contributed by atoms with Gasteiger partial charge in [0.1, 0.15) is 18.1 Å². The van der Waals surface area contributed by atoms with Crippen LogP contribution in [0.25, 0.3) is 0 Å². The van der Waals surface area contributed by atoms with E-state index in [2.05, 4.69) is 0 Å². The van der Waals surface area contributed by atoms with Gasteiger partial charge < -0.3 is 14.5 Å². The standard InChI is InChI=1S/C21H25FN2O2/c1-15-4-5-16(2)19(12-15)21(25)24-10-8-23(9-11-24)14-17-13-18(22)6-7-20(17)26-3/h4-7,12-13H,8-11,14H2,1-3H3/p+1. The summed E-state index contributed by atoms with van der Waals surface area (Å²) in [7, 11) is 1.60. The number of benzene rings is 2. The molecule has 5 heteroatoms. The van der Waals surface area contributed by atoms with Crippen LogP contribution in [0.5, 0.6) is 5.75 Å². The van der Waals surface area contributed by atoms with Crippen LogP contribution in [0.4, 0.5) is 4.39 Å². The summed E-state index contributed by atoms with van der Waals surface area (Å²) in [6.45, 7) is 7.78. The van der Waals surface area contributed by atoms with Crippen molar-refractivity contribution >= 4 is 5.91 Å². The van der Waals surface area contributed by atoms with Gasteiger partial charge in [-0.2, -0.15) is 0 Å². The van der Waals surface area contributed by atoms with Gasteiger partial charge in [0.25, 0.3) is 5.91 Å². The highest BCUT2D eigenvalue weighted by Crippen LogP contribution is 2.18. The van der Waals surface area contributed by atoms with E-state index >= 15 is 0 Å². The van der Waals surface area contributed by atoms with Crippen LogP contribution in [0.1, 0.15) is 27.0 Å². The van der Waals surface area contributed by atoms with Crippen molar-refractivity contribution in [3.63, 3.8) is 0 Å². The number of ether oxygens (including phenoxy) is 1. The number of nitrogens with one attached hydrogen (secondary N) is 1. The van der Waals surface area contributed by atoms with Crippen molar-refractivity contribution in [1.29, 1.82) is 0 Å². The van der Waals surface area contributed by atoms with Crippen molar-refractivity contribution in [3.8, 4) is 5.75 Å². The van der Waals surface area contributed by atoms with Gasteiger partial charge in [-0.05, 0) is 43.7 Å². The molecule has 138 valence electrons. The number of rotatable bonds is 4. The molecule has 1 saturated heterocycles. The van der Waals surface area contributed by atoms with E-state index in [0.29, 0.717) is 25.4 Å². The van der Waals surface area contributed by atoms with E-state index in [9.17, 15) is 9.18 Å². The fourth-order valence-corrected chi connectivity index (χ4v) is 3.49. The van der Waals surface area contributed by atoms with Crippen LogP contribution < -0.4 is 9.64 Å². The molecule has 1 N–H and O–H groups in total. The fraction of sp³-hybridized carbons (Fsp3) is 0.381. The average Bonchev–Trinajstić information content (AvgIpc) is 2.64. The highest BCUT2D eigenvalue weighted by atomic mass is 19.1. The Kier molecular flexibility index (Phi) is 5.57. The van der Waals surface area contributed by atoms with Crippen molar-refractivity contribution < 1.29 is 18.8 Å². The lowest BCUT2D eigenvalue weighted by molar-refractivity contribution is -0.917. The molecule has 0 saturated carbocycles. The Hall–Kier alpha value is -2.40. The Morgan fingerprint density at radius 3 is 2.58 bits per heavy atom. The van der Waals surface area contributed by atoms with Crippen molar-refractivity contribution in [1.82, 2.24) is 4.90 Å². The van der Waals surface area contributed by atoms with Gasteiger partial charge in [-0.1, -0.05) is 17.7 Å². The van der Waals surface area contributed by atoms with E-state index in [1.54, 1.807) is 19.2 Å². The summed E-state index contributed by atoms with van der Waals surface area (Å²) in [6, 6.07) is 10.6. The van der Waals surface area contributed by atoms with Gasteiger partial charge in [0, 0.05) is 5.56 Å². The van der Waals surface area contributed by atoms with Gasteiger partial charge in [-0.15, -0.1) is 0 Å². The number of hydrogen-bond acceptors (Lipinski definition) is 2. The molecular formula is C21H26FN2O2+. The number of halogens is 1. The Balaban J connectivity index is 1.63. The number of carbonyl (C=O) groups is 1. The van der Waals surface area contributed by atoms with E-state index in [-0.39, 0.29) is 11.7 Å². The summed E-state index contributed by atoms with van der Waals surface area (Å²) in [6.07, 6.45) is 0. The summed E-state index contributed by atoms with van der Waals surface area (Å²) in [5.74, 6) is 0.574. The second-order valence-corrected chi connectivity index (χ2v) is 6.99. The molecule has 1 fully saturated rings. The molecule has 1 amide bonds. The second kappa shape index (κ2) is 7.87. The largest absolute Gasteiger partial charge is 0.496 e. The molecule has 1 aliphatic heterocycles. The summed E-state index contributed by atoms with van der Waals surface area (Å²) in [5, 5.41) is 0. The summed E-state index contributed by atoms with van der Waals surface area (Å²) >= 11 is 0. The maximum absolute atomic E-state index is 13.5. The minimum absolute atomic E-state index is 0.105. The number of nitrogens with zero attached hydrogens (tertiary/aromatic N) is 1. The van der Waals surface area contributed by atoms with Gasteiger partial charge in [0.2, 0.25) is 0 Å². The first-order valence-corrected chi connectivity index (χ1v) is 9.00. The first-order valence-electron chi connectivity index (χ1n) is 9.00. The number of piperazine rings is 1. The smallest absolute Gasteiger partial charge is 0.254 e. The quantitative estimate of drug-likeness (QED) is 0.908. The molecule has 0 aromatic heterocycles. The number of aryl methyl sites for hydroxylation is 2. The molecular weight excluding hydrogens is 331 g/mol. The van der Waals surface area contributed by atoms with E-state index < -0.39 is 0 Å². The fourth-order valence-electron chi connectivity index (χ4n) is 3.49. The van der Waals surface area contributed by atoms with Crippen LogP contribution in [0.15, 0.2) is 36.4 Å². The zero-order valence-electron chi connectivity index (χ0n) is 15.6. The third-order valence-electron chi connectivity index (χ3n) is 5.06. The molecule has 0 radical (unpaired) electrons. The molecule has 0 unspecified atom stereocenters. The van der Waals surface area contributed by atoms with Crippen molar-refractivity contribution in [2.75, 3.05) is 33.3 Å². The molecule has 26 heavy (non-hydrogen) atoms. The molecule has 2 aromatic rings. The first kappa shape index (κ1) is 18.4. The van der Waals surface area contributed by atoms with Gasteiger partial charge >= 0.3 is 0 Å². The Labute approximate surface area is 154 Å². The van der Waals surface area contributed by atoms with Crippen LogP contribution >= 0.6 is 0 Å². The number of methoxy groups -OCH3 is 1. The van der Waals surface area contributed by atoms with Crippen LogP contribution in [0, 0.1) is 19.7 Å². The van der Waals surface area contributed by atoms with E-state index in [1.165, 1.54) is 11.0 Å². The molecule has 2 aromatic carbocycles. The highest BCUT2D eigenvalue weighted by molar-refractivity contribution is 5.95. The summed E-state index contributed by atoms with van der Waals surface area (Å²) < 4.78 is 18.9. The second-order valence-electron chi connectivity index (χ2n) is 6.99. The molecule has 0 spiro atoms. The maximum Gasteiger partial charge on any atom is 0.254 e. The Morgan fingerprint density at radius 1 is 1.15 bits per heavy atom. The number of amides is 1. The minimum Gasteiger partial charge on any atom is -0.496 e. The topological polar surface area (TPSA) is 34.0 Å². The van der Waals surface area contributed by atoms with E-state index in [1.807, 2.05) is 36.9 Å². The molecule has 0 aliphatic carbocycles. The lowest BCUT2D eigenvalue weighted by Crippen LogP contribution is -3.13. The molecule has 0 bridgehead atoms. The third kappa shape index (κ3) is 4.05. The van der Waals surface area contributed by atoms with Gasteiger partial charge in [-0.25, -0.2) is 4.39 Å². The zero-order valence-corrected chi connectivity index (χ0v) is 15.6. The normalized spacial score (nSPS) is 15.2. The van der Waals surface area contributed by atoms with Gasteiger partial charge in [0.05, 0.1) is 38.9 Å². The maximum atomic E-state index is 13.5. The SMILES string of the molecule is COc1ccc(F)cc1C[NH+]1CCN(C(=O)c2cc(C)ccc2C)CC1. The van der Waals surface area contributed by atoms with Crippen LogP contribution in [0.2, 0.25) is 0 Å². The average molecular weight is 357 g/mol. The predicted octanol–water partition coefficient (Wildman–Crippen LogP) is 1.99. The minimum atomic E-state index is -0.246. The molecule has 0 atom stereocenters. The summed E-state index contributed by atoms with van der Waals surface area (Å²) in [5.41, 5.74) is 3.78. The van der Waals surface area contributed by atoms with E-state index in [0.717, 1.165) is 35.3 Å². The monoisotopic (exact) mass is 357 g/mol. The van der Waals surface area contributed by atoms with Crippen LogP contribution in [-0.4, -0.2) is 44.1 Å². The van der Waals surface area contributed by atoms with Gasteiger partial charge in [-0.3, -0.25) is 4.79 Å². The number of quaternary nitrogens is 1. The van der Waals surface area contributed by atoms with Crippen LogP contribution in [0.3, 0.4) is 0 Å². The van der Waals surface area contributed by atoms with Crippen LogP contribution in [-0.2, 0) is 6.54 Å². The number of carbonyl (C=O) groups excluding carboxylic acids is 1. The van der Waals surface area contributed by atoms with Crippen molar-refractivity contribution in [2.24, 2.45) is 0 Å². The molecule has 3 rings (SSSR count). The molecule has 4 nitrogen and oxygen atoms in total. The Morgan fingerprint density at radius 2 is 1.88 bits per heavy atom. The van der Waals surface area contributed by atoms with Crippen molar-refractivity contribution in [3.05, 3.63) is 64.5 Å². The Bertz CT molecular complexity index is 799. The summed E-state index contributed by atoms with van der Waals surface area (Å²) in [4.78, 5) is 16.1. The zero-order chi connectivity index (χ0) is 18.7. The predicted molar refractivity (Wildman–Crippen MR) is 99.2 cm³/mol. The lowest BCUT2D eigenvalue weighted by atomic mass is 10.0. The van der Waals surface area contributed by atoms with Crippen molar-refractivity contribution in [2.45, 2.75) is 20.4 Å². The van der Waals surface area contributed by atoms with E-state index in [4.69, 9.17) is 4.74 Å². The molecule has 1 heterocycles. The molecule has 1 aliphatic rings. The number of hydrogen-bond donors (Lipinski definition) is 1.